The third kappa shape index (κ3) is 5.79. The van der Waals surface area contributed by atoms with Gasteiger partial charge in [0.2, 0.25) is 0 Å². The van der Waals surface area contributed by atoms with Gasteiger partial charge in [0, 0.05) is 23.2 Å². The Labute approximate surface area is 228 Å². The van der Waals surface area contributed by atoms with Crippen molar-refractivity contribution in [1.82, 2.24) is 9.36 Å². The lowest BCUT2D eigenvalue weighted by molar-refractivity contribution is -0.384. The quantitative estimate of drug-likeness (QED) is 0.116. The van der Waals surface area contributed by atoms with E-state index in [1.165, 1.54) is 17.7 Å². The van der Waals surface area contributed by atoms with Crippen molar-refractivity contribution in [2.45, 2.75) is 26.2 Å². The van der Waals surface area contributed by atoms with Crippen LogP contribution < -0.4 is 5.32 Å². The van der Waals surface area contributed by atoms with Crippen molar-refractivity contribution < 1.29 is 4.92 Å². The molecule has 10 heteroatoms. The number of aryl methyl sites for hydroxylation is 2. The van der Waals surface area contributed by atoms with Gasteiger partial charge in [0.25, 0.3) is 5.69 Å². The molecule has 0 amide bonds. The number of rotatable bonds is 9. The van der Waals surface area contributed by atoms with E-state index in [1.54, 1.807) is 6.07 Å². The Balaban J connectivity index is 1.52. The Morgan fingerprint density at radius 2 is 1.77 bits per heavy atom. The third-order valence-electron chi connectivity index (χ3n) is 6.25. The van der Waals surface area contributed by atoms with E-state index in [1.807, 2.05) is 55.5 Å². The molecular weight excluding hydrogens is 510 g/mol. The molecule has 0 aliphatic rings. The van der Waals surface area contributed by atoms with Crippen LogP contribution in [0.15, 0.2) is 89.1 Å². The number of pyridine rings is 1. The first-order valence-corrected chi connectivity index (χ1v) is 13.1. The van der Waals surface area contributed by atoms with Gasteiger partial charge in [-0.2, -0.15) is 9.64 Å². The zero-order chi connectivity index (χ0) is 27.2. The smallest absolute Gasteiger partial charge is 0.270 e. The van der Waals surface area contributed by atoms with Crippen molar-refractivity contribution in [2.75, 3.05) is 5.32 Å². The number of hydrogen-bond donors (Lipinski definition) is 1. The number of para-hydroxylation sites is 1. The fourth-order valence-electron chi connectivity index (χ4n) is 4.26. The van der Waals surface area contributed by atoms with E-state index in [2.05, 4.69) is 38.1 Å². The molecular formula is C29H23N7O2S. The molecule has 0 aliphatic heterocycles. The first kappa shape index (κ1) is 25.6. The van der Waals surface area contributed by atoms with Gasteiger partial charge in [-0.15, -0.1) is 10.2 Å². The van der Waals surface area contributed by atoms with Crippen LogP contribution in [0, 0.1) is 28.4 Å². The summed E-state index contributed by atoms with van der Waals surface area (Å²) in [5.41, 5.74) is 4.86. The van der Waals surface area contributed by atoms with Gasteiger partial charge in [-0.05, 0) is 67.0 Å². The van der Waals surface area contributed by atoms with Crippen molar-refractivity contribution in [1.29, 1.82) is 5.26 Å². The zero-order valence-electron chi connectivity index (χ0n) is 21.0. The molecule has 0 fully saturated rings. The van der Waals surface area contributed by atoms with Crippen LogP contribution in [0.5, 0.6) is 0 Å². The van der Waals surface area contributed by atoms with E-state index in [-0.39, 0.29) is 5.69 Å². The van der Waals surface area contributed by atoms with E-state index in [4.69, 9.17) is 4.98 Å². The highest BCUT2D eigenvalue weighted by molar-refractivity contribution is 7.11. The SMILES string of the molecule is Cc1c(C#N)c(CCCc2ccccc2)nc(Nc2ccccc2)c1N=Nc1snc2ccc([N+](=O)[O-])cc12. The number of anilines is 2. The number of nitrogens with zero attached hydrogens (tertiary/aromatic N) is 6. The first-order valence-electron chi connectivity index (χ1n) is 12.3. The van der Waals surface area contributed by atoms with E-state index in [0.29, 0.717) is 50.7 Å². The molecule has 3 aromatic carbocycles. The summed E-state index contributed by atoms with van der Waals surface area (Å²) in [7, 11) is 0. The predicted octanol–water partition coefficient (Wildman–Crippen LogP) is 8.11. The summed E-state index contributed by atoms with van der Waals surface area (Å²) < 4.78 is 4.33. The molecule has 0 saturated heterocycles. The van der Waals surface area contributed by atoms with Crippen LogP contribution in [-0.2, 0) is 12.8 Å². The maximum absolute atomic E-state index is 11.3. The van der Waals surface area contributed by atoms with Crippen molar-refractivity contribution in [3.63, 3.8) is 0 Å². The maximum Gasteiger partial charge on any atom is 0.270 e. The van der Waals surface area contributed by atoms with Gasteiger partial charge in [0.05, 0.1) is 21.7 Å². The summed E-state index contributed by atoms with van der Waals surface area (Å²) in [5.74, 6) is 0.482. The summed E-state index contributed by atoms with van der Waals surface area (Å²) in [6, 6.07) is 26.6. The second-order valence-corrected chi connectivity index (χ2v) is 9.60. The molecule has 0 spiro atoms. The number of azo groups is 1. The Kier molecular flexibility index (Phi) is 7.61. The Hall–Kier alpha value is -5.01. The fourth-order valence-corrected chi connectivity index (χ4v) is 4.94. The molecule has 5 rings (SSSR count). The van der Waals surface area contributed by atoms with Gasteiger partial charge in [-0.3, -0.25) is 10.1 Å². The normalized spacial score (nSPS) is 11.1. The van der Waals surface area contributed by atoms with Crippen LogP contribution in [0.1, 0.15) is 28.8 Å². The van der Waals surface area contributed by atoms with E-state index < -0.39 is 4.92 Å². The van der Waals surface area contributed by atoms with Crippen LogP contribution in [0.25, 0.3) is 10.9 Å². The second kappa shape index (κ2) is 11.6. The highest BCUT2D eigenvalue weighted by atomic mass is 32.1. The molecule has 39 heavy (non-hydrogen) atoms. The van der Waals surface area contributed by atoms with E-state index >= 15 is 0 Å². The zero-order valence-corrected chi connectivity index (χ0v) is 21.9. The highest BCUT2D eigenvalue weighted by Gasteiger charge is 2.18. The number of hydrogen-bond acceptors (Lipinski definition) is 9. The Morgan fingerprint density at radius 1 is 1.03 bits per heavy atom. The molecule has 0 radical (unpaired) electrons. The van der Waals surface area contributed by atoms with Crippen LogP contribution >= 0.6 is 11.5 Å². The number of fused-ring (bicyclic) bond motifs is 1. The van der Waals surface area contributed by atoms with E-state index in [0.717, 1.165) is 30.1 Å². The van der Waals surface area contributed by atoms with Crippen LogP contribution in [0.2, 0.25) is 0 Å². The largest absolute Gasteiger partial charge is 0.338 e. The number of nitrogens with one attached hydrogen (secondary N) is 1. The minimum Gasteiger partial charge on any atom is -0.338 e. The monoisotopic (exact) mass is 533 g/mol. The third-order valence-corrected chi connectivity index (χ3v) is 7.02. The van der Waals surface area contributed by atoms with Crippen molar-refractivity contribution >= 4 is 50.3 Å². The molecule has 0 bridgehead atoms. The molecule has 192 valence electrons. The fraction of sp³-hybridized carbons (Fsp3) is 0.138. The number of aromatic nitrogens is 2. The molecule has 0 unspecified atom stereocenters. The molecule has 2 aromatic heterocycles. The Bertz CT molecular complexity index is 1710. The van der Waals surface area contributed by atoms with Crippen LogP contribution in [0.3, 0.4) is 0 Å². The van der Waals surface area contributed by atoms with Gasteiger partial charge in [0.15, 0.2) is 10.8 Å². The van der Waals surface area contributed by atoms with Gasteiger partial charge in [-0.1, -0.05) is 48.5 Å². The predicted molar refractivity (Wildman–Crippen MR) is 152 cm³/mol. The van der Waals surface area contributed by atoms with Gasteiger partial charge < -0.3 is 5.32 Å². The van der Waals surface area contributed by atoms with E-state index in [9.17, 15) is 15.4 Å². The average Bonchev–Trinajstić information content (AvgIpc) is 3.36. The van der Waals surface area contributed by atoms with Crippen molar-refractivity contribution in [2.24, 2.45) is 10.2 Å². The van der Waals surface area contributed by atoms with Crippen molar-refractivity contribution in [3.8, 4) is 6.07 Å². The lowest BCUT2D eigenvalue weighted by atomic mass is 10.0. The summed E-state index contributed by atoms with van der Waals surface area (Å²) in [5, 5.41) is 34.5. The molecule has 1 N–H and O–H groups in total. The number of nitro groups is 1. The lowest BCUT2D eigenvalue weighted by Gasteiger charge is -2.15. The molecule has 2 heterocycles. The first-order chi connectivity index (χ1) is 19.0. The standard InChI is InChI=1S/C29H23N7O2S/c1-19-24(18-30)25(14-8-11-20-9-4-2-5-10-20)32-28(31-21-12-6-3-7-13-21)27(19)33-34-29-23-17-22(36(37)38)15-16-26(23)35-39-29/h2-7,9-10,12-13,15-17H,8,11,14H2,1H3,(H,31,32). The highest BCUT2D eigenvalue weighted by Crippen LogP contribution is 2.38. The summed E-state index contributed by atoms with van der Waals surface area (Å²) in [6.45, 7) is 1.83. The minimum atomic E-state index is -0.455. The molecule has 0 saturated carbocycles. The van der Waals surface area contributed by atoms with Gasteiger partial charge >= 0.3 is 0 Å². The van der Waals surface area contributed by atoms with Gasteiger partial charge in [-0.25, -0.2) is 4.98 Å². The second-order valence-electron chi connectivity index (χ2n) is 8.84. The maximum atomic E-state index is 11.3. The van der Waals surface area contributed by atoms with Crippen LogP contribution in [-0.4, -0.2) is 14.3 Å². The summed E-state index contributed by atoms with van der Waals surface area (Å²) >= 11 is 1.10. The van der Waals surface area contributed by atoms with Gasteiger partial charge in [0.1, 0.15) is 11.8 Å². The molecule has 9 nitrogen and oxygen atoms in total. The molecule has 5 aromatic rings. The number of benzene rings is 3. The topological polar surface area (TPSA) is 129 Å². The van der Waals surface area contributed by atoms with Crippen molar-refractivity contribution in [3.05, 3.63) is 111 Å². The summed E-state index contributed by atoms with van der Waals surface area (Å²) in [4.78, 5) is 15.7. The number of non-ortho nitro benzene ring substituents is 1. The number of nitriles is 1. The van der Waals surface area contributed by atoms with Crippen LogP contribution in [0.4, 0.5) is 27.9 Å². The lowest BCUT2D eigenvalue weighted by Crippen LogP contribution is -2.04. The average molecular weight is 534 g/mol. The number of nitro benzene ring substituents is 1. The molecule has 0 atom stereocenters. The Morgan fingerprint density at radius 3 is 2.49 bits per heavy atom. The minimum absolute atomic E-state index is 0.0462. The molecule has 0 aliphatic carbocycles. The summed E-state index contributed by atoms with van der Waals surface area (Å²) in [6.07, 6.45) is 2.34.